The molecule has 18 heavy (non-hydrogen) atoms. The molecule has 5 heteroatoms. The number of rotatable bonds is 6. The first-order valence-corrected chi connectivity index (χ1v) is 7.09. The molecule has 0 saturated carbocycles. The van der Waals surface area contributed by atoms with E-state index in [-0.39, 0.29) is 0 Å². The van der Waals surface area contributed by atoms with Crippen LogP contribution in [-0.4, -0.2) is 24.6 Å². The molecule has 1 aromatic rings. The number of aromatic nitrogens is 1. The van der Waals surface area contributed by atoms with E-state index in [0.29, 0.717) is 21.9 Å². The molecule has 1 aromatic heterocycles. The minimum atomic E-state index is 0.399. The van der Waals surface area contributed by atoms with Crippen molar-refractivity contribution in [1.82, 2.24) is 4.98 Å². The van der Waals surface area contributed by atoms with Gasteiger partial charge in [0.1, 0.15) is 11.6 Å². The molecule has 1 atom stereocenters. The smallest absolute Gasteiger partial charge is 0.149 e. The van der Waals surface area contributed by atoms with Gasteiger partial charge in [-0.15, -0.1) is 0 Å². The molecule has 0 aromatic carbocycles. The molecule has 102 valence electrons. The third-order valence-corrected chi connectivity index (χ3v) is 3.52. The number of nitrogens with one attached hydrogen (secondary N) is 1. The van der Waals surface area contributed by atoms with E-state index in [2.05, 4.69) is 29.0 Å². The van der Waals surface area contributed by atoms with Crippen molar-refractivity contribution in [2.45, 2.75) is 39.7 Å². The summed E-state index contributed by atoms with van der Waals surface area (Å²) in [5, 5.41) is 4.29. The fourth-order valence-corrected chi connectivity index (χ4v) is 2.37. The molecule has 0 fully saturated rings. The zero-order valence-electron chi connectivity index (χ0n) is 11.4. The molecule has 0 radical (unpaired) electrons. The molecular formula is C13H21Cl2N3. The molecule has 1 rings (SSSR count). The minimum Gasteiger partial charge on any atom is -0.369 e. The van der Waals surface area contributed by atoms with Gasteiger partial charge < -0.3 is 10.2 Å². The van der Waals surface area contributed by atoms with Crippen molar-refractivity contribution in [3.05, 3.63) is 16.1 Å². The molecule has 0 bridgehead atoms. The monoisotopic (exact) mass is 289 g/mol. The Morgan fingerprint density at radius 2 is 2.00 bits per heavy atom. The van der Waals surface area contributed by atoms with Crippen LogP contribution in [0.1, 0.15) is 33.6 Å². The van der Waals surface area contributed by atoms with Gasteiger partial charge in [0.15, 0.2) is 0 Å². The van der Waals surface area contributed by atoms with Crippen LogP contribution >= 0.6 is 23.2 Å². The number of hydrogen-bond acceptors (Lipinski definition) is 3. The molecule has 1 heterocycles. The van der Waals surface area contributed by atoms with E-state index < -0.39 is 0 Å². The molecule has 0 amide bonds. The fraction of sp³-hybridized carbons (Fsp3) is 0.615. The standard InChI is InChI=1S/C13H21Cl2N3/c1-5-7-9(3)18(4)13-11(15)8-10(14)12(17-13)16-6-2/h8-9H,5-7H2,1-4H3,(H,16,17). The van der Waals surface area contributed by atoms with Crippen LogP contribution < -0.4 is 10.2 Å². The van der Waals surface area contributed by atoms with Crippen molar-refractivity contribution in [2.24, 2.45) is 0 Å². The molecule has 1 unspecified atom stereocenters. The van der Waals surface area contributed by atoms with Gasteiger partial charge >= 0.3 is 0 Å². The zero-order valence-corrected chi connectivity index (χ0v) is 12.9. The molecule has 0 aliphatic rings. The second kappa shape index (κ2) is 7.05. The summed E-state index contributed by atoms with van der Waals surface area (Å²) in [5.74, 6) is 1.46. The lowest BCUT2D eigenvalue weighted by Gasteiger charge is -2.27. The third kappa shape index (κ3) is 3.66. The number of hydrogen-bond donors (Lipinski definition) is 1. The number of halogens is 2. The summed E-state index contributed by atoms with van der Waals surface area (Å²) in [6.07, 6.45) is 2.24. The largest absolute Gasteiger partial charge is 0.369 e. The lowest BCUT2D eigenvalue weighted by atomic mass is 10.2. The summed E-state index contributed by atoms with van der Waals surface area (Å²) in [7, 11) is 2.01. The Kier molecular flexibility index (Phi) is 6.03. The van der Waals surface area contributed by atoms with Gasteiger partial charge in [0.25, 0.3) is 0 Å². The molecule has 0 spiro atoms. The van der Waals surface area contributed by atoms with E-state index in [0.717, 1.165) is 25.2 Å². The van der Waals surface area contributed by atoms with Crippen molar-refractivity contribution in [3.8, 4) is 0 Å². The number of pyridine rings is 1. The Hall–Kier alpha value is -0.670. The van der Waals surface area contributed by atoms with Crippen LogP contribution in [0.2, 0.25) is 10.0 Å². The molecule has 0 saturated heterocycles. The van der Waals surface area contributed by atoms with Gasteiger partial charge in [-0.05, 0) is 26.3 Å². The van der Waals surface area contributed by atoms with Crippen LogP contribution in [0.5, 0.6) is 0 Å². The van der Waals surface area contributed by atoms with Crippen molar-refractivity contribution < 1.29 is 0 Å². The molecule has 1 N–H and O–H groups in total. The van der Waals surface area contributed by atoms with Gasteiger partial charge in [0.05, 0.1) is 10.0 Å². The van der Waals surface area contributed by atoms with E-state index in [1.54, 1.807) is 6.07 Å². The van der Waals surface area contributed by atoms with E-state index in [1.807, 2.05) is 14.0 Å². The number of nitrogens with zero attached hydrogens (tertiary/aromatic N) is 2. The highest BCUT2D eigenvalue weighted by atomic mass is 35.5. The van der Waals surface area contributed by atoms with Gasteiger partial charge in [-0.1, -0.05) is 36.5 Å². The Morgan fingerprint density at radius 1 is 1.33 bits per heavy atom. The quantitative estimate of drug-likeness (QED) is 0.839. The Balaban J connectivity index is 3.03. The van der Waals surface area contributed by atoms with Crippen molar-refractivity contribution in [2.75, 3.05) is 23.8 Å². The van der Waals surface area contributed by atoms with Gasteiger partial charge in [-0.3, -0.25) is 0 Å². The zero-order chi connectivity index (χ0) is 13.7. The number of anilines is 2. The lowest BCUT2D eigenvalue weighted by Crippen LogP contribution is -2.29. The Labute approximate surface area is 119 Å². The molecule has 0 aliphatic heterocycles. The first-order chi connectivity index (χ1) is 8.51. The van der Waals surface area contributed by atoms with Gasteiger partial charge in [0.2, 0.25) is 0 Å². The second-order valence-corrected chi connectivity index (χ2v) is 5.22. The van der Waals surface area contributed by atoms with Crippen LogP contribution in [0.15, 0.2) is 6.07 Å². The summed E-state index contributed by atoms with van der Waals surface area (Å²) in [5.41, 5.74) is 0. The minimum absolute atomic E-state index is 0.399. The van der Waals surface area contributed by atoms with Crippen molar-refractivity contribution in [3.63, 3.8) is 0 Å². The normalized spacial score (nSPS) is 12.3. The van der Waals surface area contributed by atoms with E-state index in [9.17, 15) is 0 Å². The summed E-state index contributed by atoms with van der Waals surface area (Å²) in [4.78, 5) is 6.62. The average molecular weight is 290 g/mol. The first kappa shape index (κ1) is 15.4. The predicted molar refractivity (Wildman–Crippen MR) is 81.2 cm³/mol. The van der Waals surface area contributed by atoms with E-state index in [1.165, 1.54) is 0 Å². The highest BCUT2D eigenvalue weighted by molar-refractivity contribution is 6.37. The van der Waals surface area contributed by atoms with Gasteiger partial charge in [-0.2, -0.15) is 0 Å². The third-order valence-electron chi connectivity index (χ3n) is 2.96. The van der Waals surface area contributed by atoms with Crippen molar-refractivity contribution >= 4 is 34.8 Å². The van der Waals surface area contributed by atoms with Crippen LogP contribution in [0, 0.1) is 0 Å². The summed E-state index contributed by atoms with van der Waals surface area (Å²) < 4.78 is 0. The maximum Gasteiger partial charge on any atom is 0.149 e. The SMILES string of the molecule is CCCC(C)N(C)c1nc(NCC)c(Cl)cc1Cl. The topological polar surface area (TPSA) is 28.2 Å². The van der Waals surface area contributed by atoms with Gasteiger partial charge in [-0.25, -0.2) is 4.98 Å². The fourth-order valence-electron chi connectivity index (χ4n) is 1.82. The summed E-state index contributed by atoms with van der Waals surface area (Å²) >= 11 is 12.3. The highest BCUT2D eigenvalue weighted by Gasteiger charge is 2.16. The Bertz CT molecular complexity index is 396. The maximum atomic E-state index is 6.22. The maximum absolute atomic E-state index is 6.22. The summed E-state index contributed by atoms with van der Waals surface area (Å²) in [6.45, 7) is 7.13. The lowest BCUT2D eigenvalue weighted by molar-refractivity contribution is 0.611. The predicted octanol–water partition coefficient (Wildman–Crippen LogP) is 4.45. The molecular weight excluding hydrogens is 269 g/mol. The van der Waals surface area contributed by atoms with Crippen molar-refractivity contribution in [1.29, 1.82) is 0 Å². The average Bonchev–Trinajstić information content (AvgIpc) is 2.32. The second-order valence-electron chi connectivity index (χ2n) is 4.40. The molecule has 3 nitrogen and oxygen atoms in total. The van der Waals surface area contributed by atoms with Gasteiger partial charge in [0, 0.05) is 19.6 Å². The van der Waals surface area contributed by atoms with E-state index in [4.69, 9.17) is 23.2 Å². The molecule has 0 aliphatic carbocycles. The summed E-state index contributed by atoms with van der Waals surface area (Å²) in [6, 6.07) is 2.15. The van der Waals surface area contributed by atoms with Crippen LogP contribution in [0.4, 0.5) is 11.6 Å². The first-order valence-electron chi connectivity index (χ1n) is 6.33. The van der Waals surface area contributed by atoms with Crippen LogP contribution in [0.3, 0.4) is 0 Å². The van der Waals surface area contributed by atoms with Crippen LogP contribution in [0.25, 0.3) is 0 Å². The Morgan fingerprint density at radius 3 is 2.56 bits per heavy atom. The highest BCUT2D eigenvalue weighted by Crippen LogP contribution is 2.32. The van der Waals surface area contributed by atoms with E-state index >= 15 is 0 Å². The van der Waals surface area contributed by atoms with Crippen LogP contribution in [-0.2, 0) is 0 Å².